The molecule has 0 spiro atoms. The van der Waals surface area contributed by atoms with Gasteiger partial charge in [0.05, 0.1) is 32.0 Å². The molecule has 2 fully saturated rings. The highest BCUT2D eigenvalue weighted by Gasteiger charge is 2.42. The Morgan fingerprint density at radius 3 is 2.11 bits per heavy atom. The lowest BCUT2D eigenvalue weighted by atomic mass is 10.2. The number of hydrogen-bond donors (Lipinski definition) is 0. The summed E-state index contributed by atoms with van der Waals surface area (Å²) in [6, 6.07) is 0.663. The minimum Gasteiger partial charge on any atom is -0.377 e. The van der Waals surface area contributed by atoms with Crippen molar-refractivity contribution in [1.82, 2.24) is 0 Å². The van der Waals surface area contributed by atoms with E-state index in [0.717, 1.165) is 26.1 Å². The van der Waals surface area contributed by atoms with Crippen LogP contribution in [0.3, 0.4) is 0 Å². The molecule has 2 rings (SSSR count). The van der Waals surface area contributed by atoms with Crippen molar-refractivity contribution in [2.24, 2.45) is 0 Å². The topological polar surface area (TPSA) is 62.0 Å². The molecule has 19 heavy (non-hydrogen) atoms. The average Bonchev–Trinajstić information content (AvgIpc) is 3.31. The molecule has 0 aromatic rings. The maximum absolute atomic E-state index is 5.92. The molecule has 2 aliphatic heterocycles. The average molecular weight is 292 g/mol. The van der Waals surface area contributed by atoms with Crippen LogP contribution >= 0.6 is 0 Å². The standard InChI is InChI=1S/C12H24O6Si/c1-13-19(14-2,15-3)9-11(5-4-10-6-16-10)17-7-12-8-18-12/h10-12H,4-9H2,1-3H3. The van der Waals surface area contributed by atoms with E-state index in [1.807, 2.05) is 0 Å². The monoisotopic (exact) mass is 292 g/mol. The normalized spacial score (nSPS) is 27.3. The number of rotatable bonds is 11. The number of ether oxygens (including phenoxy) is 3. The molecule has 0 N–H and O–H groups in total. The predicted molar refractivity (Wildman–Crippen MR) is 70.0 cm³/mol. The molecule has 0 radical (unpaired) electrons. The molecule has 3 unspecified atom stereocenters. The zero-order valence-electron chi connectivity index (χ0n) is 11.9. The van der Waals surface area contributed by atoms with E-state index in [1.54, 1.807) is 21.3 Å². The van der Waals surface area contributed by atoms with Gasteiger partial charge in [-0.1, -0.05) is 0 Å². The van der Waals surface area contributed by atoms with Gasteiger partial charge in [-0.05, 0) is 12.8 Å². The van der Waals surface area contributed by atoms with E-state index in [2.05, 4.69) is 0 Å². The van der Waals surface area contributed by atoms with Crippen molar-refractivity contribution >= 4 is 8.80 Å². The quantitative estimate of drug-likeness (QED) is 0.415. The third kappa shape index (κ3) is 5.11. The molecular formula is C12H24O6Si. The van der Waals surface area contributed by atoms with Crippen LogP contribution in [0.1, 0.15) is 12.8 Å². The Balaban J connectivity index is 1.81. The second kappa shape index (κ2) is 7.12. The molecule has 2 heterocycles. The Labute approximate surface area is 115 Å². The first-order valence-corrected chi connectivity index (χ1v) is 8.65. The molecule has 7 heteroatoms. The van der Waals surface area contributed by atoms with Gasteiger partial charge >= 0.3 is 8.80 Å². The first-order chi connectivity index (χ1) is 9.21. The summed E-state index contributed by atoms with van der Waals surface area (Å²) in [5, 5.41) is 0. The van der Waals surface area contributed by atoms with Crippen molar-refractivity contribution in [3.05, 3.63) is 0 Å². The predicted octanol–water partition coefficient (Wildman–Crippen LogP) is 0.827. The smallest absolute Gasteiger partial charge is 0.377 e. The van der Waals surface area contributed by atoms with Crippen LogP contribution in [0.2, 0.25) is 6.04 Å². The Morgan fingerprint density at radius 2 is 1.63 bits per heavy atom. The van der Waals surface area contributed by atoms with Crippen LogP contribution in [-0.4, -0.2) is 68.3 Å². The summed E-state index contributed by atoms with van der Waals surface area (Å²) < 4.78 is 32.7. The summed E-state index contributed by atoms with van der Waals surface area (Å²) in [6.07, 6.45) is 2.69. The zero-order chi connectivity index (χ0) is 13.7. The van der Waals surface area contributed by atoms with Gasteiger partial charge in [0.25, 0.3) is 0 Å². The van der Waals surface area contributed by atoms with Gasteiger partial charge in [-0.25, -0.2) is 0 Å². The van der Waals surface area contributed by atoms with Crippen molar-refractivity contribution in [2.75, 3.05) is 41.2 Å². The first-order valence-electron chi connectivity index (χ1n) is 6.71. The van der Waals surface area contributed by atoms with E-state index in [9.17, 15) is 0 Å². The van der Waals surface area contributed by atoms with Crippen LogP contribution in [0.15, 0.2) is 0 Å². The molecule has 0 amide bonds. The van der Waals surface area contributed by atoms with Crippen LogP contribution in [0.25, 0.3) is 0 Å². The minimum absolute atomic E-state index is 0.0694. The van der Waals surface area contributed by atoms with Crippen LogP contribution in [-0.2, 0) is 27.5 Å². The van der Waals surface area contributed by atoms with Crippen molar-refractivity contribution in [3.63, 3.8) is 0 Å². The lowest BCUT2D eigenvalue weighted by molar-refractivity contribution is 0.0273. The first kappa shape index (κ1) is 15.4. The number of hydrogen-bond acceptors (Lipinski definition) is 6. The van der Waals surface area contributed by atoms with E-state index in [0.29, 0.717) is 18.8 Å². The summed E-state index contributed by atoms with van der Waals surface area (Å²) in [6.45, 7) is 2.32. The third-order valence-electron chi connectivity index (χ3n) is 3.54. The molecule has 0 aromatic heterocycles. The Morgan fingerprint density at radius 1 is 1.05 bits per heavy atom. The molecule has 6 nitrogen and oxygen atoms in total. The highest BCUT2D eigenvalue weighted by Crippen LogP contribution is 2.25. The van der Waals surface area contributed by atoms with Gasteiger partial charge in [-0.3, -0.25) is 0 Å². The third-order valence-corrected chi connectivity index (χ3v) is 6.37. The highest BCUT2D eigenvalue weighted by molar-refractivity contribution is 6.60. The van der Waals surface area contributed by atoms with Gasteiger partial charge < -0.3 is 27.5 Å². The summed E-state index contributed by atoms with van der Waals surface area (Å²) >= 11 is 0. The van der Waals surface area contributed by atoms with E-state index >= 15 is 0 Å². The Hall–Kier alpha value is -0.0231. The Bertz CT molecular complexity index is 241. The molecule has 2 aliphatic rings. The highest BCUT2D eigenvalue weighted by atomic mass is 28.4. The van der Waals surface area contributed by atoms with E-state index < -0.39 is 8.80 Å². The van der Waals surface area contributed by atoms with E-state index in [1.165, 1.54) is 0 Å². The molecule has 0 aliphatic carbocycles. The van der Waals surface area contributed by atoms with Crippen molar-refractivity contribution < 1.29 is 27.5 Å². The van der Waals surface area contributed by atoms with Crippen LogP contribution in [0.4, 0.5) is 0 Å². The molecule has 3 atom stereocenters. The summed E-state index contributed by atoms with van der Waals surface area (Å²) in [5.74, 6) is 0. The van der Waals surface area contributed by atoms with Gasteiger partial charge in [0.2, 0.25) is 0 Å². The molecule has 0 aromatic carbocycles. The fourth-order valence-corrected chi connectivity index (χ4v) is 3.92. The second-order valence-corrected chi connectivity index (χ2v) is 7.94. The Kier molecular flexibility index (Phi) is 5.76. The molecule has 0 bridgehead atoms. The van der Waals surface area contributed by atoms with Crippen LogP contribution in [0, 0.1) is 0 Å². The van der Waals surface area contributed by atoms with Gasteiger partial charge in [0.1, 0.15) is 6.10 Å². The lowest BCUT2D eigenvalue weighted by Gasteiger charge is -2.28. The molecular weight excluding hydrogens is 268 g/mol. The van der Waals surface area contributed by atoms with E-state index in [-0.39, 0.29) is 12.2 Å². The maximum Gasteiger partial charge on any atom is 0.502 e. The largest absolute Gasteiger partial charge is 0.502 e. The lowest BCUT2D eigenvalue weighted by Crippen LogP contribution is -2.46. The second-order valence-electron chi connectivity index (χ2n) is 4.94. The minimum atomic E-state index is -2.59. The molecule has 0 saturated carbocycles. The summed E-state index contributed by atoms with van der Waals surface area (Å²) in [4.78, 5) is 0. The SMILES string of the molecule is CO[Si](CC(CCC1CO1)OCC1CO1)(OC)OC. The van der Waals surface area contributed by atoms with Crippen molar-refractivity contribution in [3.8, 4) is 0 Å². The van der Waals surface area contributed by atoms with Gasteiger partial charge in [-0.2, -0.15) is 0 Å². The van der Waals surface area contributed by atoms with Crippen LogP contribution in [0.5, 0.6) is 0 Å². The van der Waals surface area contributed by atoms with E-state index in [4.69, 9.17) is 27.5 Å². The number of epoxide rings is 2. The summed E-state index contributed by atoms with van der Waals surface area (Å²) in [7, 11) is 2.30. The summed E-state index contributed by atoms with van der Waals surface area (Å²) in [5.41, 5.74) is 0. The molecule has 2 saturated heterocycles. The fraction of sp³-hybridized carbons (Fsp3) is 1.00. The molecule has 112 valence electrons. The van der Waals surface area contributed by atoms with Crippen molar-refractivity contribution in [2.45, 2.75) is 37.2 Å². The van der Waals surface area contributed by atoms with Gasteiger partial charge in [0, 0.05) is 27.4 Å². The van der Waals surface area contributed by atoms with Gasteiger partial charge in [0.15, 0.2) is 0 Å². The zero-order valence-corrected chi connectivity index (χ0v) is 12.9. The van der Waals surface area contributed by atoms with Crippen molar-refractivity contribution in [1.29, 1.82) is 0 Å². The fourth-order valence-electron chi connectivity index (χ4n) is 2.04. The maximum atomic E-state index is 5.92. The van der Waals surface area contributed by atoms with Crippen LogP contribution < -0.4 is 0 Å². The van der Waals surface area contributed by atoms with Gasteiger partial charge in [-0.15, -0.1) is 0 Å².